The van der Waals surface area contributed by atoms with Crippen LogP contribution in [0, 0.1) is 0 Å². The van der Waals surface area contributed by atoms with E-state index in [1.807, 2.05) is 0 Å². The Morgan fingerprint density at radius 2 is 0.870 bits per heavy atom. The molecule has 0 bridgehead atoms. The highest BCUT2D eigenvalue weighted by Gasteiger charge is 2.60. The molecule has 3 saturated heterocycles. The van der Waals surface area contributed by atoms with Crippen molar-refractivity contribution < 1.29 is 104 Å². The zero-order valence-electron chi connectivity index (χ0n) is 62.3. The van der Waals surface area contributed by atoms with Crippen molar-refractivity contribution in [2.75, 3.05) is 26.4 Å². The van der Waals surface area contributed by atoms with Crippen molar-refractivity contribution in [2.45, 2.75) is 445 Å². The standard InChI is InChI=1S/C77H146N2O21/c1-4-6-8-10-12-14-16-18-20-22-23-24-25-26-27-28-29-30-31-32-33-34-35-37-39-41-43-45-47-49-51-64(87)79-58(59(84)50-48-46-44-42-40-38-36-21-19-17-15-13-11-9-7-5-2)56-95-74-69(91)68(90)71(63(55-82)97-74)98-75-70(92)73(67(89)62(54-81)96-75)100-77(76(93)94)52-60(85)65(78-57(3)83)72(99-77)66(88)61(86)53-80/h58-63,65-75,80-82,84-86,88-92H,4-56H2,1-3H3,(H,78,83)(H,79,87)(H,93,94). The Balaban J connectivity index is 1.47. The smallest absolute Gasteiger partial charge is 0.364 e. The number of carboxylic acid groups (broad SMARTS) is 1. The average molecular weight is 1440 g/mol. The fraction of sp³-hybridized carbons (Fsp3) is 0.961. The molecule has 14 N–H and O–H groups in total. The normalized spacial score (nSPS) is 26.9. The molecular weight excluding hydrogens is 1290 g/mol. The number of carbonyl (C=O) groups is 3. The quantitative estimate of drug-likeness (QED) is 0.0252. The SMILES string of the molecule is CCCCCCCCCCCCCCCCCCCCCCCCCCCCCCCCC(=O)NC(COC1OC(CO)C(OC2OC(CO)C(O)C(OC3(C(=O)O)CC(O)C(NC(C)=O)C(C(O)C(O)CO)O3)C2O)C(O)C1O)C(O)CCCCCCCCCCCCCCCCCC. The van der Waals surface area contributed by atoms with Gasteiger partial charge in [0, 0.05) is 19.8 Å². The van der Waals surface area contributed by atoms with Crippen molar-refractivity contribution >= 4 is 17.8 Å². The van der Waals surface area contributed by atoms with Crippen LogP contribution in [0.25, 0.3) is 0 Å². The van der Waals surface area contributed by atoms with Gasteiger partial charge in [0.15, 0.2) is 12.6 Å². The van der Waals surface area contributed by atoms with Crippen LogP contribution >= 0.6 is 0 Å². The highest BCUT2D eigenvalue weighted by atomic mass is 16.8. The Hall–Kier alpha value is -2.27. The zero-order valence-corrected chi connectivity index (χ0v) is 62.3. The Morgan fingerprint density at radius 3 is 1.25 bits per heavy atom. The molecule has 0 aromatic heterocycles. The first-order chi connectivity index (χ1) is 48.4. The van der Waals surface area contributed by atoms with E-state index in [4.69, 9.17) is 28.4 Å². The lowest BCUT2D eigenvalue weighted by Crippen LogP contribution is -2.70. The van der Waals surface area contributed by atoms with E-state index in [1.54, 1.807) is 0 Å². The van der Waals surface area contributed by atoms with Crippen LogP contribution in [0.3, 0.4) is 0 Å². The minimum Gasteiger partial charge on any atom is -0.477 e. The molecule has 3 fully saturated rings. The summed E-state index contributed by atoms with van der Waals surface area (Å²) in [5.41, 5.74) is 0. The lowest BCUT2D eigenvalue weighted by Gasteiger charge is -2.50. The van der Waals surface area contributed by atoms with Crippen LogP contribution in [0.2, 0.25) is 0 Å². The summed E-state index contributed by atoms with van der Waals surface area (Å²) in [6.07, 6.45) is 29.7. The third-order valence-corrected chi connectivity index (χ3v) is 20.8. The molecule has 590 valence electrons. The number of rotatable bonds is 64. The molecule has 3 aliphatic heterocycles. The van der Waals surface area contributed by atoms with E-state index in [1.165, 1.54) is 238 Å². The number of carbonyl (C=O) groups excluding carboxylic acids is 2. The van der Waals surface area contributed by atoms with Crippen molar-refractivity contribution in [3.05, 3.63) is 0 Å². The van der Waals surface area contributed by atoms with E-state index in [-0.39, 0.29) is 18.9 Å². The topological polar surface area (TPSA) is 373 Å². The van der Waals surface area contributed by atoms with Gasteiger partial charge in [0.25, 0.3) is 5.79 Å². The van der Waals surface area contributed by atoms with Gasteiger partial charge < -0.3 is 100 Å². The number of hydrogen-bond acceptors (Lipinski definition) is 20. The second-order valence-electron chi connectivity index (χ2n) is 29.6. The number of carboxylic acids is 1. The van der Waals surface area contributed by atoms with Gasteiger partial charge in [0.2, 0.25) is 11.8 Å². The lowest BCUT2D eigenvalue weighted by molar-refractivity contribution is -0.386. The van der Waals surface area contributed by atoms with Crippen molar-refractivity contribution in [3.63, 3.8) is 0 Å². The van der Waals surface area contributed by atoms with E-state index >= 15 is 0 Å². The molecule has 100 heavy (non-hydrogen) atoms. The fourth-order valence-electron chi connectivity index (χ4n) is 14.4. The number of aliphatic hydroxyl groups is 11. The van der Waals surface area contributed by atoms with E-state index in [2.05, 4.69) is 24.5 Å². The maximum atomic E-state index is 13.5. The van der Waals surface area contributed by atoms with Crippen molar-refractivity contribution in [1.82, 2.24) is 10.6 Å². The maximum absolute atomic E-state index is 13.5. The summed E-state index contributed by atoms with van der Waals surface area (Å²) in [5, 5.41) is 136. The molecule has 0 aromatic carbocycles. The van der Waals surface area contributed by atoms with Gasteiger partial charge in [-0.3, -0.25) is 9.59 Å². The summed E-state index contributed by atoms with van der Waals surface area (Å²) >= 11 is 0. The predicted molar refractivity (Wildman–Crippen MR) is 385 cm³/mol. The van der Waals surface area contributed by atoms with Gasteiger partial charge in [-0.2, -0.15) is 0 Å². The van der Waals surface area contributed by atoms with E-state index in [0.717, 1.165) is 51.9 Å². The van der Waals surface area contributed by atoms with Gasteiger partial charge in [0.1, 0.15) is 67.1 Å². The average Bonchev–Trinajstić information content (AvgIpc) is 0.757. The summed E-state index contributed by atoms with van der Waals surface area (Å²) in [4.78, 5) is 38.7. The van der Waals surface area contributed by atoms with Crippen LogP contribution in [0.4, 0.5) is 0 Å². The summed E-state index contributed by atoms with van der Waals surface area (Å²) in [6.45, 7) is 2.26. The van der Waals surface area contributed by atoms with Crippen molar-refractivity contribution in [1.29, 1.82) is 0 Å². The second kappa shape index (κ2) is 57.0. The van der Waals surface area contributed by atoms with Crippen LogP contribution in [-0.4, -0.2) is 215 Å². The van der Waals surface area contributed by atoms with Crippen molar-refractivity contribution in [3.8, 4) is 0 Å². The van der Waals surface area contributed by atoms with Crippen LogP contribution in [0.5, 0.6) is 0 Å². The first-order valence-electron chi connectivity index (χ1n) is 40.4. The Kier molecular flexibility index (Phi) is 52.4. The van der Waals surface area contributed by atoms with E-state index in [9.17, 15) is 75.7 Å². The fourth-order valence-corrected chi connectivity index (χ4v) is 14.4. The second-order valence-corrected chi connectivity index (χ2v) is 29.6. The van der Waals surface area contributed by atoms with Gasteiger partial charge in [-0.1, -0.05) is 303 Å². The number of aliphatic carboxylic acids is 1. The van der Waals surface area contributed by atoms with Crippen LogP contribution in [0.1, 0.15) is 335 Å². The number of ether oxygens (including phenoxy) is 6. The third kappa shape index (κ3) is 37.3. The number of hydrogen-bond donors (Lipinski definition) is 14. The van der Waals surface area contributed by atoms with Gasteiger partial charge in [-0.05, 0) is 12.8 Å². The van der Waals surface area contributed by atoms with Gasteiger partial charge in [-0.25, -0.2) is 4.79 Å². The molecule has 23 heteroatoms. The molecule has 3 rings (SSSR count). The minimum atomic E-state index is -3.08. The molecule has 23 nitrogen and oxygen atoms in total. The molecule has 0 radical (unpaired) electrons. The monoisotopic (exact) mass is 1440 g/mol. The summed E-state index contributed by atoms with van der Waals surface area (Å²) in [7, 11) is 0. The zero-order chi connectivity index (χ0) is 73.2. The van der Waals surface area contributed by atoms with Crippen molar-refractivity contribution in [2.24, 2.45) is 0 Å². The molecule has 18 unspecified atom stereocenters. The molecule has 3 aliphatic rings. The predicted octanol–water partition coefficient (Wildman–Crippen LogP) is 10.4. The first-order valence-corrected chi connectivity index (χ1v) is 40.4. The number of aliphatic hydroxyl groups excluding tert-OH is 11. The van der Waals surface area contributed by atoms with Gasteiger partial charge >= 0.3 is 5.97 Å². The third-order valence-electron chi connectivity index (χ3n) is 20.8. The number of amides is 2. The van der Waals surface area contributed by atoms with Crippen LogP contribution in [-0.2, 0) is 42.8 Å². The molecule has 0 aromatic rings. The molecule has 18 atom stereocenters. The van der Waals surface area contributed by atoms with E-state index in [0.29, 0.717) is 19.3 Å². The van der Waals surface area contributed by atoms with Gasteiger partial charge in [0.05, 0.1) is 50.7 Å². The molecule has 0 aliphatic carbocycles. The Bertz CT molecular complexity index is 2000. The first kappa shape index (κ1) is 91.9. The van der Waals surface area contributed by atoms with Crippen LogP contribution in [0.15, 0.2) is 0 Å². The highest BCUT2D eigenvalue weighted by Crippen LogP contribution is 2.39. The van der Waals surface area contributed by atoms with Gasteiger partial charge in [-0.15, -0.1) is 0 Å². The van der Waals surface area contributed by atoms with E-state index < -0.39 is 148 Å². The number of nitrogens with one attached hydrogen (secondary N) is 2. The lowest BCUT2D eigenvalue weighted by atomic mass is 9.88. The Labute approximate surface area is 601 Å². The number of unbranched alkanes of at least 4 members (excludes halogenated alkanes) is 44. The Morgan fingerprint density at radius 1 is 0.480 bits per heavy atom. The molecule has 3 heterocycles. The minimum absolute atomic E-state index is 0.230. The summed E-state index contributed by atoms with van der Waals surface area (Å²) in [5.74, 6) is -6.09. The molecular formula is C77H146N2O21. The summed E-state index contributed by atoms with van der Waals surface area (Å²) in [6, 6.07) is -2.53. The highest BCUT2D eigenvalue weighted by molar-refractivity contribution is 5.77. The van der Waals surface area contributed by atoms with Crippen LogP contribution < -0.4 is 10.6 Å². The maximum Gasteiger partial charge on any atom is 0.364 e. The molecule has 0 spiro atoms. The summed E-state index contributed by atoms with van der Waals surface area (Å²) < 4.78 is 35.0. The molecule has 2 amide bonds. The molecule has 0 saturated carbocycles. The largest absolute Gasteiger partial charge is 0.477 e.